The van der Waals surface area contributed by atoms with Crippen LogP contribution in [0.4, 0.5) is 0 Å². The van der Waals surface area contributed by atoms with Crippen molar-refractivity contribution >= 4 is 4.02 Å². The Balaban J connectivity index is 2.25. The van der Waals surface area contributed by atoms with E-state index in [1.165, 1.54) is 25.8 Å². The molecular formula is C5H9NW. The molecule has 0 aromatic heterocycles. The summed E-state index contributed by atoms with van der Waals surface area (Å²) in [5.41, 5.74) is 0. The molecule has 0 amide bonds. The second-order valence-electron chi connectivity index (χ2n) is 1.81. The van der Waals surface area contributed by atoms with Crippen molar-refractivity contribution in [3.63, 3.8) is 0 Å². The van der Waals surface area contributed by atoms with Crippen molar-refractivity contribution in [1.29, 1.82) is 0 Å². The Morgan fingerprint density at radius 2 is 2.29 bits per heavy atom. The summed E-state index contributed by atoms with van der Waals surface area (Å²) < 4.78 is 1.55. The molecule has 7 heavy (non-hydrogen) atoms. The van der Waals surface area contributed by atoms with Crippen molar-refractivity contribution in [2.24, 2.45) is 0 Å². The number of hydrogen-bond donors (Lipinski definition) is 1. The molecule has 0 radical (unpaired) electrons. The summed E-state index contributed by atoms with van der Waals surface area (Å²) in [6, 6.07) is 0. The van der Waals surface area contributed by atoms with Crippen molar-refractivity contribution in [2.75, 3.05) is 6.54 Å². The molecule has 0 unspecified atom stereocenters. The maximum atomic E-state index is 3.34. The molecule has 0 aromatic carbocycles. The van der Waals surface area contributed by atoms with Crippen LogP contribution in [0.3, 0.4) is 0 Å². The topological polar surface area (TPSA) is 12.0 Å². The first-order chi connectivity index (χ1) is 3.39. The van der Waals surface area contributed by atoms with Crippen LogP contribution < -0.4 is 5.32 Å². The van der Waals surface area contributed by atoms with Crippen LogP contribution in [0.5, 0.6) is 0 Å². The number of nitrogens with one attached hydrogen (secondary N) is 1. The molecule has 2 heteroatoms. The van der Waals surface area contributed by atoms with Crippen LogP contribution >= 0.6 is 0 Å². The van der Waals surface area contributed by atoms with Crippen LogP contribution in [-0.2, 0) is 19.4 Å². The van der Waals surface area contributed by atoms with Crippen molar-refractivity contribution in [3.05, 3.63) is 0 Å². The molecule has 1 aliphatic rings. The fourth-order valence-electron chi connectivity index (χ4n) is 0.727. The van der Waals surface area contributed by atoms with Crippen molar-refractivity contribution in [3.8, 4) is 0 Å². The fourth-order valence-corrected chi connectivity index (χ4v) is 1.61. The minimum atomic E-state index is 1.22. The van der Waals surface area contributed by atoms with Crippen LogP contribution in [0, 0.1) is 0 Å². The van der Waals surface area contributed by atoms with Crippen LogP contribution in [0.15, 0.2) is 0 Å². The van der Waals surface area contributed by atoms with E-state index in [1.807, 2.05) is 0 Å². The van der Waals surface area contributed by atoms with E-state index >= 15 is 0 Å². The normalized spacial score (nSPS) is 22.6. The summed E-state index contributed by atoms with van der Waals surface area (Å²) in [7, 11) is 0. The van der Waals surface area contributed by atoms with Crippen LogP contribution in [0.1, 0.15) is 19.3 Å². The molecule has 0 bridgehead atoms. The first-order valence-corrected chi connectivity index (χ1v) is 4.13. The second kappa shape index (κ2) is 2.74. The van der Waals surface area contributed by atoms with Gasteiger partial charge in [-0.25, -0.2) is 0 Å². The van der Waals surface area contributed by atoms with Gasteiger partial charge < -0.3 is 0 Å². The van der Waals surface area contributed by atoms with Gasteiger partial charge in [-0.05, 0) is 0 Å². The summed E-state index contributed by atoms with van der Waals surface area (Å²) in [5, 5.41) is 3.34. The zero-order valence-corrected chi connectivity index (χ0v) is 7.17. The molecule has 0 aromatic rings. The number of hydrogen-bond acceptors (Lipinski definition) is 1. The van der Waals surface area contributed by atoms with Gasteiger partial charge in [0.1, 0.15) is 0 Å². The van der Waals surface area contributed by atoms with Gasteiger partial charge in [0.15, 0.2) is 0 Å². The van der Waals surface area contributed by atoms with Crippen LogP contribution in [0.2, 0.25) is 0 Å². The first-order valence-electron chi connectivity index (χ1n) is 2.66. The SMILES string of the molecule is [W]=[C]1CCCCN1. The standard InChI is InChI=1S/C5H9N.W/c1-2-4-6-5-3-1;/h6H,1-4H2;. The van der Waals surface area contributed by atoms with Gasteiger partial charge in [0.25, 0.3) is 0 Å². The molecule has 0 spiro atoms. The van der Waals surface area contributed by atoms with E-state index in [9.17, 15) is 0 Å². The predicted octanol–water partition coefficient (Wildman–Crippen LogP) is 0.437. The molecule has 1 heterocycles. The first kappa shape index (κ1) is 5.65. The Bertz CT molecular complexity index is 72.1. The van der Waals surface area contributed by atoms with Crippen LogP contribution in [0.25, 0.3) is 0 Å². The molecule has 1 fully saturated rings. The molecule has 0 aliphatic carbocycles. The number of rotatable bonds is 0. The van der Waals surface area contributed by atoms with Gasteiger partial charge in [-0.1, -0.05) is 0 Å². The van der Waals surface area contributed by atoms with E-state index in [1.54, 1.807) is 23.4 Å². The average molecular weight is 267 g/mol. The van der Waals surface area contributed by atoms with Crippen molar-refractivity contribution in [2.45, 2.75) is 19.3 Å². The van der Waals surface area contributed by atoms with Crippen LogP contribution in [-0.4, -0.2) is 10.6 Å². The summed E-state index contributed by atoms with van der Waals surface area (Å²) in [6.07, 6.45) is 4.11. The Kier molecular flexibility index (Phi) is 2.21. The molecule has 0 atom stereocenters. The van der Waals surface area contributed by atoms with Gasteiger partial charge in [0, 0.05) is 0 Å². The Hall–Kier alpha value is 0.518. The second-order valence-corrected chi connectivity index (χ2v) is 3.58. The van der Waals surface area contributed by atoms with E-state index in [2.05, 4.69) is 5.32 Å². The van der Waals surface area contributed by atoms with E-state index in [4.69, 9.17) is 0 Å². The van der Waals surface area contributed by atoms with Crippen molar-refractivity contribution < 1.29 is 19.4 Å². The van der Waals surface area contributed by atoms with Crippen molar-refractivity contribution in [1.82, 2.24) is 5.32 Å². The Morgan fingerprint density at radius 3 is 2.57 bits per heavy atom. The third kappa shape index (κ3) is 1.83. The summed E-state index contributed by atoms with van der Waals surface area (Å²) in [5.74, 6) is 0. The average Bonchev–Trinajstić information content (AvgIpc) is 1.69. The van der Waals surface area contributed by atoms with E-state index in [0.717, 1.165) is 0 Å². The number of piperidine rings is 1. The van der Waals surface area contributed by atoms with E-state index in [-0.39, 0.29) is 0 Å². The molecule has 1 aliphatic heterocycles. The molecule has 40 valence electrons. The molecule has 1 nitrogen and oxygen atoms in total. The zero-order chi connectivity index (χ0) is 5.11. The molecule has 1 N–H and O–H groups in total. The van der Waals surface area contributed by atoms with E-state index in [0.29, 0.717) is 0 Å². The fraction of sp³-hybridized carbons (Fsp3) is 0.800. The molecule has 1 saturated heterocycles. The van der Waals surface area contributed by atoms with Gasteiger partial charge in [-0.2, -0.15) is 0 Å². The molecule has 0 saturated carbocycles. The summed E-state index contributed by atoms with van der Waals surface area (Å²) >= 11 is 1.62. The summed E-state index contributed by atoms with van der Waals surface area (Å²) in [4.78, 5) is 0. The van der Waals surface area contributed by atoms with Gasteiger partial charge in [0.05, 0.1) is 0 Å². The predicted molar refractivity (Wildman–Crippen MR) is 26.9 cm³/mol. The third-order valence-electron chi connectivity index (χ3n) is 1.15. The Labute approximate surface area is 54.9 Å². The molecular weight excluding hydrogens is 258 g/mol. The van der Waals surface area contributed by atoms with E-state index < -0.39 is 0 Å². The van der Waals surface area contributed by atoms with Gasteiger partial charge in [0.2, 0.25) is 0 Å². The van der Waals surface area contributed by atoms with Gasteiger partial charge in [-0.15, -0.1) is 0 Å². The van der Waals surface area contributed by atoms with Gasteiger partial charge in [-0.3, -0.25) is 0 Å². The van der Waals surface area contributed by atoms with Gasteiger partial charge >= 0.3 is 54.5 Å². The molecule has 1 rings (SSSR count). The summed E-state index contributed by atoms with van der Waals surface area (Å²) in [6.45, 7) is 1.22. The zero-order valence-electron chi connectivity index (χ0n) is 4.24. The monoisotopic (exact) mass is 267 g/mol. The Morgan fingerprint density at radius 1 is 1.43 bits per heavy atom. The quantitative estimate of drug-likeness (QED) is 0.671. The third-order valence-corrected chi connectivity index (χ3v) is 2.40. The minimum absolute atomic E-state index is 1.22. The maximum absolute atomic E-state index is 3.34.